The summed E-state index contributed by atoms with van der Waals surface area (Å²) in [5.74, 6) is -1.15. The second-order valence-corrected chi connectivity index (χ2v) is 7.31. The maximum absolute atomic E-state index is 13.3. The number of rotatable bonds is 4. The molecule has 1 saturated heterocycles. The summed E-state index contributed by atoms with van der Waals surface area (Å²) in [7, 11) is 0. The van der Waals surface area contributed by atoms with Crippen molar-refractivity contribution in [1.29, 1.82) is 0 Å². The molecular formula is C22H22N2O3. The Hall–Kier alpha value is -3.08. The fraction of sp³-hybridized carbons (Fsp3) is 0.273. The van der Waals surface area contributed by atoms with Gasteiger partial charge in [0.1, 0.15) is 5.54 Å². The van der Waals surface area contributed by atoms with E-state index in [-0.39, 0.29) is 5.91 Å². The molecule has 1 fully saturated rings. The first-order valence-electron chi connectivity index (χ1n) is 9.18. The van der Waals surface area contributed by atoms with Gasteiger partial charge in [0, 0.05) is 30.2 Å². The van der Waals surface area contributed by atoms with Crippen LogP contribution in [0.5, 0.6) is 0 Å². The molecule has 1 unspecified atom stereocenters. The van der Waals surface area contributed by atoms with Gasteiger partial charge in [0.15, 0.2) is 0 Å². The number of benzene rings is 2. The van der Waals surface area contributed by atoms with Crippen molar-refractivity contribution >= 4 is 22.8 Å². The highest BCUT2D eigenvalue weighted by atomic mass is 16.4. The minimum atomic E-state index is -1.14. The van der Waals surface area contributed by atoms with Gasteiger partial charge in [-0.3, -0.25) is 4.79 Å². The Morgan fingerprint density at radius 2 is 1.78 bits per heavy atom. The highest BCUT2D eigenvalue weighted by Crippen LogP contribution is 2.33. The zero-order valence-corrected chi connectivity index (χ0v) is 15.3. The molecule has 0 spiro atoms. The summed E-state index contributed by atoms with van der Waals surface area (Å²) < 4.78 is 2.06. The molecule has 3 aromatic rings. The lowest BCUT2D eigenvalue weighted by atomic mass is 9.98. The molecule has 27 heavy (non-hydrogen) atoms. The first-order chi connectivity index (χ1) is 13.0. The van der Waals surface area contributed by atoms with Gasteiger partial charge < -0.3 is 14.6 Å². The zero-order chi connectivity index (χ0) is 19.0. The van der Waals surface area contributed by atoms with Crippen molar-refractivity contribution in [3.05, 3.63) is 71.9 Å². The SMILES string of the molecule is CC1(C(=O)O)CCCN1C(=O)c1cn(Cc2ccccc2)c2ccccc12. The van der Waals surface area contributed by atoms with E-state index in [4.69, 9.17) is 0 Å². The van der Waals surface area contributed by atoms with Crippen molar-refractivity contribution in [3.63, 3.8) is 0 Å². The number of carboxylic acids is 1. The molecule has 1 amide bonds. The Morgan fingerprint density at radius 1 is 1.07 bits per heavy atom. The largest absolute Gasteiger partial charge is 0.480 e. The molecule has 138 valence electrons. The lowest BCUT2D eigenvalue weighted by molar-refractivity contribution is -0.147. The van der Waals surface area contributed by atoms with Gasteiger partial charge in [0.2, 0.25) is 0 Å². The highest BCUT2D eigenvalue weighted by Gasteiger charge is 2.46. The fourth-order valence-electron chi connectivity index (χ4n) is 3.98. The number of para-hydroxylation sites is 1. The van der Waals surface area contributed by atoms with E-state index in [0.29, 0.717) is 31.5 Å². The molecule has 4 rings (SSSR count). The van der Waals surface area contributed by atoms with E-state index >= 15 is 0 Å². The Balaban J connectivity index is 1.76. The number of aliphatic carboxylic acids is 1. The van der Waals surface area contributed by atoms with Crippen LogP contribution < -0.4 is 0 Å². The number of hydrogen-bond donors (Lipinski definition) is 1. The monoisotopic (exact) mass is 362 g/mol. The number of amides is 1. The van der Waals surface area contributed by atoms with Crippen LogP contribution in [0.3, 0.4) is 0 Å². The van der Waals surface area contributed by atoms with E-state index in [1.54, 1.807) is 6.92 Å². The molecule has 1 aliphatic rings. The zero-order valence-electron chi connectivity index (χ0n) is 15.3. The van der Waals surface area contributed by atoms with E-state index in [0.717, 1.165) is 16.5 Å². The fourth-order valence-corrected chi connectivity index (χ4v) is 3.98. The normalized spacial score (nSPS) is 19.5. The van der Waals surface area contributed by atoms with Crippen molar-refractivity contribution in [1.82, 2.24) is 9.47 Å². The van der Waals surface area contributed by atoms with Gasteiger partial charge in [0.25, 0.3) is 5.91 Å². The second-order valence-electron chi connectivity index (χ2n) is 7.31. The van der Waals surface area contributed by atoms with Gasteiger partial charge in [-0.1, -0.05) is 48.5 Å². The van der Waals surface area contributed by atoms with Crippen LogP contribution in [0.15, 0.2) is 60.8 Å². The minimum Gasteiger partial charge on any atom is -0.480 e. The third-order valence-electron chi connectivity index (χ3n) is 5.56. The molecule has 1 aromatic heterocycles. The molecule has 5 nitrogen and oxygen atoms in total. The molecule has 0 saturated carbocycles. The third-order valence-corrected chi connectivity index (χ3v) is 5.56. The Morgan fingerprint density at radius 3 is 2.52 bits per heavy atom. The first-order valence-corrected chi connectivity index (χ1v) is 9.18. The van der Waals surface area contributed by atoms with Gasteiger partial charge >= 0.3 is 5.97 Å². The summed E-state index contributed by atoms with van der Waals surface area (Å²) in [4.78, 5) is 26.6. The first kappa shape index (κ1) is 17.3. The lowest BCUT2D eigenvalue weighted by Gasteiger charge is -2.31. The van der Waals surface area contributed by atoms with Gasteiger partial charge in [-0.2, -0.15) is 0 Å². The van der Waals surface area contributed by atoms with Crippen LogP contribution in [0.2, 0.25) is 0 Å². The van der Waals surface area contributed by atoms with E-state index < -0.39 is 11.5 Å². The number of likely N-dealkylation sites (tertiary alicyclic amines) is 1. The molecule has 5 heteroatoms. The summed E-state index contributed by atoms with van der Waals surface area (Å²) in [5.41, 5.74) is 1.55. The molecule has 1 N–H and O–H groups in total. The predicted molar refractivity (Wildman–Crippen MR) is 104 cm³/mol. The number of aromatic nitrogens is 1. The number of carbonyl (C=O) groups is 2. The van der Waals surface area contributed by atoms with Crippen LogP contribution in [-0.4, -0.2) is 38.5 Å². The van der Waals surface area contributed by atoms with E-state index in [9.17, 15) is 14.7 Å². The molecule has 0 bridgehead atoms. The van der Waals surface area contributed by atoms with Crippen LogP contribution in [0.25, 0.3) is 10.9 Å². The average molecular weight is 362 g/mol. The summed E-state index contributed by atoms with van der Waals surface area (Å²) in [5, 5.41) is 10.5. The number of carboxylic acid groups (broad SMARTS) is 1. The number of fused-ring (bicyclic) bond motifs is 1. The highest BCUT2D eigenvalue weighted by molar-refractivity contribution is 6.08. The average Bonchev–Trinajstić information content (AvgIpc) is 3.24. The van der Waals surface area contributed by atoms with Gasteiger partial charge in [-0.25, -0.2) is 4.79 Å². The van der Waals surface area contributed by atoms with E-state index in [1.807, 2.05) is 48.7 Å². The van der Waals surface area contributed by atoms with E-state index in [1.165, 1.54) is 4.90 Å². The van der Waals surface area contributed by atoms with Crippen LogP contribution in [0.1, 0.15) is 35.7 Å². The second kappa shape index (κ2) is 6.58. The summed E-state index contributed by atoms with van der Waals surface area (Å²) in [6, 6.07) is 17.9. The lowest BCUT2D eigenvalue weighted by Crippen LogP contribution is -2.50. The Labute approximate surface area is 157 Å². The maximum Gasteiger partial charge on any atom is 0.329 e. The summed E-state index contributed by atoms with van der Waals surface area (Å²) in [6.07, 6.45) is 3.05. The van der Waals surface area contributed by atoms with Crippen molar-refractivity contribution < 1.29 is 14.7 Å². The summed E-state index contributed by atoms with van der Waals surface area (Å²) >= 11 is 0. The van der Waals surface area contributed by atoms with Gasteiger partial charge in [0.05, 0.1) is 5.56 Å². The molecule has 2 aromatic carbocycles. The van der Waals surface area contributed by atoms with Crippen molar-refractivity contribution in [2.75, 3.05) is 6.54 Å². The van der Waals surface area contributed by atoms with Crippen LogP contribution in [-0.2, 0) is 11.3 Å². The Kier molecular flexibility index (Phi) is 4.22. The van der Waals surface area contributed by atoms with Gasteiger partial charge in [-0.15, -0.1) is 0 Å². The van der Waals surface area contributed by atoms with Gasteiger partial charge in [-0.05, 0) is 31.4 Å². The van der Waals surface area contributed by atoms with Crippen LogP contribution >= 0.6 is 0 Å². The number of nitrogens with zero attached hydrogens (tertiary/aromatic N) is 2. The van der Waals surface area contributed by atoms with Crippen molar-refractivity contribution in [3.8, 4) is 0 Å². The molecule has 1 atom stereocenters. The summed E-state index contributed by atoms with van der Waals surface area (Å²) in [6.45, 7) is 2.77. The minimum absolute atomic E-state index is 0.208. The standard InChI is InChI=1S/C22H22N2O3/c1-22(21(26)27)12-7-13-24(22)20(25)18-15-23(14-16-8-3-2-4-9-16)19-11-6-5-10-17(18)19/h2-6,8-11,15H,7,12-14H2,1H3,(H,26,27). The smallest absolute Gasteiger partial charge is 0.329 e. The molecule has 1 aliphatic heterocycles. The molecule has 2 heterocycles. The van der Waals surface area contributed by atoms with Crippen molar-refractivity contribution in [2.24, 2.45) is 0 Å². The van der Waals surface area contributed by atoms with Crippen molar-refractivity contribution in [2.45, 2.75) is 31.8 Å². The Bertz CT molecular complexity index is 1010. The molecule has 0 aliphatic carbocycles. The molecule has 0 radical (unpaired) electrons. The predicted octanol–water partition coefficient (Wildman–Crippen LogP) is 3.77. The number of carbonyl (C=O) groups excluding carboxylic acids is 1. The molecular weight excluding hydrogens is 340 g/mol. The van der Waals surface area contributed by atoms with E-state index in [2.05, 4.69) is 16.7 Å². The van der Waals surface area contributed by atoms with Crippen LogP contribution in [0.4, 0.5) is 0 Å². The topological polar surface area (TPSA) is 62.5 Å². The van der Waals surface area contributed by atoms with Crippen LogP contribution in [0, 0.1) is 0 Å². The maximum atomic E-state index is 13.3. The third kappa shape index (κ3) is 2.89. The number of hydrogen-bond acceptors (Lipinski definition) is 2. The quantitative estimate of drug-likeness (QED) is 0.768.